The number of carbonyl (C=O) groups excluding carboxylic acids is 1. The summed E-state index contributed by atoms with van der Waals surface area (Å²) in [5.74, 6) is 1.77. The van der Waals surface area contributed by atoms with E-state index in [1.54, 1.807) is 12.1 Å². The molecule has 3 nitrogen and oxygen atoms in total. The Bertz CT molecular complexity index is 435. The van der Waals surface area contributed by atoms with E-state index in [1.165, 1.54) is 0 Å². The van der Waals surface area contributed by atoms with Crippen LogP contribution in [-0.2, 0) is 4.84 Å². The molecule has 0 bridgehead atoms. The fourth-order valence-electron chi connectivity index (χ4n) is 1.63. The van der Waals surface area contributed by atoms with Crippen molar-refractivity contribution in [2.45, 2.75) is 19.8 Å². The summed E-state index contributed by atoms with van der Waals surface area (Å²) in [7, 11) is 0. The Balaban J connectivity index is 1.97. The van der Waals surface area contributed by atoms with Gasteiger partial charge in [0, 0.05) is 0 Å². The summed E-state index contributed by atoms with van der Waals surface area (Å²) in [5.41, 5.74) is 2.59. The maximum Gasteiger partial charge on any atom is 0.365 e. The Hall–Kier alpha value is -1.29. The molecular formula is C13H15NO2S. The van der Waals surface area contributed by atoms with E-state index in [0.717, 1.165) is 35.6 Å². The normalized spacial score (nSPS) is 15.5. The van der Waals surface area contributed by atoms with Crippen LogP contribution in [0.2, 0.25) is 0 Å². The topological polar surface area (TPSA) is 38.7 Å². The van der Waals surface area contributed by atoms with Gasteiger partial charge in [-0.25, -0.2) is 4.79 Å². The molecule has 0 aromatic heterocycles. The second-order valence-electron chi connectivity index (χ2n) is 4.02. The van der Waals surface area contributed by atoms with E-state index in [0.29, 0.717) is 5.56 Å². The van der Waals surface area contributed by atoms with E-state index in [2.05, 4.69) is 5.16 Å². The fourth-order valence-corrected chi connectivity index (χ4v) is 2.59. The van der Waals surface area contributed by atoms with Gasteiger partial charge in [-0.1, -0.05) is 22.9 Å². The van der Waals surface area contributed by atoms with Gasteiger partial charge in [-0.2, -0.15) is 11.8 Å². The van der Waals surface area contributed by atoms with E-state index in [-0.39, 0.29) is 5.97 Å². The molecule has 2 rings (SSSR count). The summed E-state index contributed by atoms with van der Waals surface area (Å²) >= 11 is 1.91. The van der Waals surface area contributed by atoms with Gasteiger partial charge in [0.25, 0.3) is 0 Å². The summed E-state index contributed by atoms with van der Waals surface area (Å²) in [5, 5.41) is 3.94. The highest BCUT2D eigenvalue weighted by Crippen LogP contribution is 2.15. The van der Waals surface area contributed by atoms with E-state index < -0.39 is 0 Å². The first-order valence-corrected chi connectivity index (χ1v) is 6.82. The minimum Gasteiger partial charge on any atom is -0.313 e. The second-order valence-corrected chi connectivity index (χ2v) is 5.24. The van der Waals surface area contributed by atoms with Crippen molar-refractivity contribution in [3.05, 3.63) is 35.4 Å². The van der Waals surface area contributed by atoms with Gasteiger partial charge in [0.2, 0.25) is 0 Å². The van der Waals surface area contributed by atoms with Crippen LogP contribution in [0.3, 0.4) is 0 Å². The van der Waals surface area contributed by atoms with E-state index in [1.807, 2.05) is 30.8 Å². The number of hydrogen-bond donors (Lipinski definition) is 0. The predicted octanol–water partition coefficient (Wildman–Crippen LogP) is 3.03. The van der Waals surface area contributed by atoms with Gasteiger partial charge in [-0.15, -0.1) is 0 Å². The van der Waals surface area contributed by atoms with Gasteiger partial charge in [-0.05, 0) is 43.4 Å². The molecule has 0 atom stereocenters. The Morgan fingerprint density at radius 1 is 1.35 bits per heavy atom. The number of carbonyl (C=O) groups is 1. The van der Waals surface area contributed by atoms with Crippen molar-refractivity contribution in [1.29, 1.82) is 0 Å². The van der Waals surface area contributed by atoms with Crippen LogP contribution < -0.4 is 0 Å². The molecule has 1 aromatic rings. The molecule has 1 heterocycles. The first-order chi connectivity index (χ1) is 8.25. The van der Waals surface area contributed by atoms with Crippen molar-refractivity contribution < 1.29 is 9.63 Å². The minimum atomic E-state index is -0.376. The summed E-state index contributed by atoms with van der Waals surface area (Å²) < 4.78 is 0. The molecule has 1 aliphatic heterocycles. The molecular weight excluding hydrogens is 234 g/mol. The van der Waals surface area contributed by atoms with Gasteiger partial charge in [0.15, 0.2) is 0 Å². The number of rotatable bonds is 2. The fraction of sp³-hybridized carbons (Fsp3) is 0.385. The molecule has 1 aliphatic rings. The average molecular weight is 249 g/mol. The molecule has 0 spiro atoms. The summed E-state index contributed by atoms with van der Waals surface area (Å²) in [6.07, 6.45) is 1.84. The van der Waals surface area contributed by atoms with Gasteiger partial charge < -0.3 is 4.84 Å². The Labute approximate surface area is 105 Å². The highest BCUT2D eigenvalue weighted by Gasteiger charge is 2.10. The van der Waals surface area contributed by atoms with Crippen molar-refractivity contribution in [2.75, 3.05) is 11.5 Å². The maximum atomic E-state index is 11.7. The maximum absolute atomic E-state index is 11.7. The van der Waals surface area contributed by atoms with Crippen LogP contribution >= 0.6 is 11.8 Å². The van der Waals surface area contributed by atoms with Crippen molar-refractivity contribution in [1.82, 2.24) is 0 Å². The molecule has 17 heavy (non-hydrogen) atoms. The van der Waals surface area contributed by atoms with Gasteiger partial charge in [0.1, 0.15) is 0 Å². The van der Waals surface area contributed by atoms with Crippen LogP contribution in [0.5, 0.6) is 0 Å². The lowest BCUT2D eigenvalue weighted by Crippen LogP contribution is -2.10. The Morgan fingerprint density at radius 2 is 2.12 bits per heavy atom. The quantitative estimate of drug-likeness (QED) is 0.597. The van der Waals surface area contributed by atoms with E-state index in [9.17, 15) is 4.79 Å². The third-order valence-corrected chi connectivity index (χ3v) is 3.57. The molecule has 0 N–H and O–H groups in total. The highest BCUT2D eigenvalue weighted by molar-refractivity contribution is 7.99. The SMILES string of the molecule is Cc1cccc(C(=O)ON=C2CCSCC2)c1. The molecule has 0 radical (unpaired) electrons. The van der Waals surface area contributed by atoms with Crippen LogP contribution in [0.4, 0.5) is 0 Å². The zero-order valence-electron chi connectivity index (χ0n) is 9.81. The van der Waals surface area contributed by atoms with Crippen LogP contribution in [0.1, 0.15) is 28.8 Å². The first-order valence-electron chi connectivity index (χ1n) is 5.67. The third-order valence-electron chi connectivity index (χ3n) is 2.58. The molecule has 90 valence electrons. The molecule has 0 aliphatic carbocycles. The predicted molar refractivity (Wildman–Crippen MR) is 70.6 cm³/mol. The van der Waals surface area contributed by atoms with E-state index in [4.69, 9.17) is 4.84 Å². The van der Waals surface area contributed by atoms with Crippen LogP contribution in [-0.4, -0.2) is 23.2 Å². The van der Waals surface area contributed by atoms with Gasteiger partial charge in [0.05, 0.1) is 11.3 Å². The number of nitrogens with zero attached hydrogens (tertiary/aromatic N) is 1. The summed E-state index contributed by atoms with van der Waals surface area (Å²) in [6.45, 7) is 1.95. The molecule has 1 fully saturated rings. The average Bonchev–Trinajstić information content (AvgIpc) is 2.37. The molecule has 4 heteroatoms. The highest BCUT2D eigenvalue weighted by atomic mass is 32.2. The Kier molecular flexibility index (Phi) is 4.20. The number of oxime groups is 1. The smallest absolute Gasteiger partial charge is 0.313 e. The second kappa shape index (κ2) is 5.87. The van der Waals surface area contributed by atoms with Gasteiger partial charge >= 0.3 is 5.97 Å². The first kappa shape index (κ1) is 12.2. The van der Waals surface area contributed by atoms with Gasteiger partial charge in [-0.3, -0.25) is 0 Å². The Morgan fingerprint density at radius 3 is 2.82 bits per heavy atom. The molecule has 0 saturated carbocycles. The zero-order chi connectivity index (χ0) is 12.1. The molecule has 1 saturated heterocycles. The summed E-state index contributed by atoms with van der Waals surface area (Å²) in [4.78, 5) is 16.7. The van der Waals surface area contributed by atoms with Crippen molar-refractivity contribution in [3.8, 4) is 0 Å². The number of benzene rings is 1. The van der Waals surface area contributed by atoms with Crippen molar-refractivity contribution >= 4 is 23.4 Å². The molecule has 0 unspecified atom stereocenters. The number of thioether (sulfide) groups is 1. The monoisotopic (exact) mass is 249 g/mol. The van der Waals surface area contributed by atoms with E-state index >= 15 is 0 Å². The van der Waals surface area contributed by atoms with Crippen molar-refractivity contribution in [2.24, 2.45) is 5.16 Å². The van der Waals surface area contributed by atoms with Crippen LogP contribution in [0.15, 0.2) is 29.4 Å². The zero-order valence-corrected chi connectivity index (χ0v) is 10.6. The number of aryl methyl sites for hydroxylation is 1. The molecule has 1 aromatic carbocycles. The standard InChI is InChI=1S/C13H15NO2S/c1-10-3-2-4-11(9-10)13(15)16-14-12-5-7-17-8-6-12/h2-4,9H,5-8H2,1H3. The lowest BCUT2D eigenvalue weighted by atomic mass is 10.1. The third kappa shape index (κ3) is 3.60. The minimum absolute atomic E-state index is 0.376. The lowest BCUT2D eigenvalue weighted by molar-refractivity contribution is 0.0514. The number of hydrogen-bond acceptors (Lipinski definition) is 4. The van der Waals surface area contributed by atoms with Crippen molar-refractivity contribution in [3.63, 3.8) is 0 Å². The largest absolute Gasteiger partial charge is 0.365 e. The summed E-state index contributed by atoms with van der Waals surface area (Å²) in [6, 6.07) is 7.34. The lowest BCUT2D eigenvalue weighted by Gasteiger charge is -2.10. The van der Waals surface area contributed by atoms with Crippen LogP contribution in [0.25, 0.3) is 0 Å². The molecule has 0 amide bonds. The van der Waals surface area contributed by atoms with Crippen LogP contribution in [0, 0.1) is 6.92 Å².